The summed E-state index contributed by atoms with van der Waals surface area (Å²) in [5, 5.41) is 7.12. The number of aryl methyl sites for hydroxylation is 2. The Labute approximate surface area is 172 Å². The summed E-state index contributed by atoms with van der Waals surface area (Å²) in [5.41, 5.74) is 5.35. The molecule has 1 aliphatic rings. The van der Waals surface area contributed by atoms with Crippen molar-refractivity contribution in [2.24, 2.45) is 5.10 Å². The number of amides is 1. The first-order chi connectivity index (χ1) is 13.4. The number of nitrogens with zero attached hydrogens (tertiary/aromatic N) is 3. The van der Waals surface area contributed by atoms with Crippen LogP contribution in [0.4, 0.5) is 0 Å². The Morgan fingerprint density at radius 1 is 1.18 bits per heavy atom. The fourth-order valence-electron chi connectivity index (χ4n) is 3.65. The summed E-state index contributed by atoms with van der Waals surface area (Å²) in [6.07, 6.45) is 0.665. The Bertz CT molecular complexity index is 889. The molecule has 0 spiro atoms. The quantitative estimate of drug-likeness (QED) is 0.689. The van der Waals surface area contributed by atoms with Gasteiger partial charge in [0.25, 0.3) is 5.91 Å². The number of carbonyl (C=O) groups is 1. The largest absolute Gasteiger partial charge is 0.295 e. The maximum absolute atomic E-state index is 13.1. The van der Waals surface area contributed by atoms with Crippen molar-refractivity contribution in [2.45, 2.75) is 40.2 Å². The number of rotatable bonds is 6. The van der Waals surface area contributed by atoms with Gasteiger partial charge < -0.3 is 0 Å². The molecule has 0 radical (unpaired) electrons. The van der Waals surface area contributed by atoms with Crippen LogP contribution in [0, 0.1) is 13.8 Å². The highest BCUT2D eigenvalue weighted by Crippen LogP contribution is 2.36. The van der Waals surface area contributed by atoms with Crippen LogP contribution in [0.2, 0.25) is 5.02 Å². The molecule has 1 amide bonds. The molecule has 2 aromatic carbocycles. The first-order valence-electron chi connectivity index (χ1n) is 9.88. The van der Waals surface area contributed by atoms with Crippen molar-refractivity contribution >= 4 is 23.2 Å². The number of likely N-dealkylation sites (N-methyl/N-ethyl adjacent to an activating group) is 1. The second kappa shape index (κ2) is 8.89. The topological polar surface area (TPSA) is 35.9 Å². The predicted molar refractivity (Wildman–Crippen MR) is 116 cm³/mol. The highest BCUT2D eigenvalue weighted by atomic mass is 35.5. The van der Waals surface area contributed by atoms with E-state index in [9.17, 15) is 4.79 Å². The zero-order valence-electron chi connectivity index (χ0n) is 17.1. The van der Waals surface area contributed by atoms with Crippen LogP contribution in [0.15, 0.2) is 47.6 Å². The van der Waals surface area contributed by atoms with E-state index in [0.29, 0.717) is 18.0 Å². The van der Waals surface area contributed by atoms with Gasteiger partial charge in [0, 0.05) is 17.0 Å². The molecule has 4 nitrogen and oxygen atoms in total. The van der Waals surface area contributed by atoms with Gasteiger partial charge in [-0.3, -0.25) is 9.69 Å². The highest BCUT2D eigenvalue weighted by Gasteiger charge is 2.34. The van der Waals surface area contributed by atoms with E-state index in [2.05, 4.69) is 50.8 Å². The standard InChI is InChI=1S/C23H28ClN3O/c1-5-26(6-2)15-23(28)27-22(18-9-7-8-10-20(18)24)14-21(25-27)19-13-16(3)11-12-17(19)4/h7-13,22H,5-6,14-15H2,1-4H3/t22-/m1/s1. The van der Waals surface area contributed by atoms with E-state index in [1.54, 1.807) is 5.01 Å². The summed E-state index contributed by atoms with van der Waals surface area (Å²) in [4.78, 5) is 15.2. The van der Waals surface area contributed by atoms with Crippen LogP contribution in [-0.4, -0.2) is 41.2 Å². The van der Waals surface area contributed by atoms with E-state index in [4.69, 9.17) is 16.7 Å². The van der Waals surface area contributed by atoms with Gasteiger partial charge >= 0.3 is 0 Å². The summed E-state index contributed by atoms with van der Waals surface area (Å²) in [7, 11) is 0. The summed E-state index contributed by atoms with van der Waals surface area (Å²) in [6, 6.07) is 13.9. The minimum absolute atomic E-state index is 0.00826. The van der Waals surface area contributed by atoms with Crippen LogP contribution in [0.3, 0.4) is 0 Å². The molecule has 0 aliphatic carbocycles. The summed E-state index contributed by atoms with van der Waals surface area (Å²) < 4.78 is 0. The molecule has 148 valence electrons. The van der Waals surface area contributed by atoms with E-state index in [-0.39, 0.29) is 11.9 Å². The molecule has 0 fully saturated rings. The molecular formula is C23H28ClN3O. The lowest BCUT2D eigenvalue weighted by Gasteiger charge is -2.26. The Morgan fingerprint density at radius 3 is 2.57 bits per heavy atom. The smallest absolute Gasteiger partial charge is 0.257 e. The lowest BCUT2D eigenvalue weighted by atomic mass is 9.95. The summed E-state index contributed by atoms with van der Waals surface area (Å²) in [5.74, 6) is 0.00826. The molecule has 0 unspecified atom stereocenters. The van der Waals surface area contributed by atoms with Gasteiger partial charge in [-0.2, -0.15) is 5.10 Å². The maximum Gasteiger partial charge on any atom is 0.257 e. The SMILES string of the molecule is CCN(CC)CC(=O)N1N=C(c2cc(C)ccc2C)C[C@@H]1c1ccccc1Cl. The lowest BCUT2D eigenvalue weighted by Crippen LogP contribution is -2.38. The van der Waals surface area contributed by atoms with Gasteiger partial charge in [-0.05, 0) is 50.2 Å². The third-order valence-corrected chi connectivity index (χ3v) is 5.73. The summed E-state index contributed by atoms with van der Waals surface area (Å²) in [6.45, 7) is 10.3. The fraction of sp³-hybridized carbons (Fsp3) is 0.391. The highest BCUT2D eigenvalue weighted by molar-refractivity contribution is 6.31. The first kappa shape index (κ1) is 20.6. The van der Waals surface area contributed by atoms with Crippen LogP contribution in [-0.2, 0) is 4.79 Å². The van der Waals surface area contributed by atoms with Gasteiger partial charge in [0.2, 0.25) is 0 Å². The first-order valence-corrected chi connectivity index (χ1v) is 10.3. The Hall–Kier alpha value is -2.17. The molecule has 5 heteroatoms. The van der Waals surface area contributed by atoms with Gasteiger partial charge in [0.1, 0.15) is 0 Å². The van der Waals surface area contributed by atoms with Crippen LogP contribution in [0.1, 0.15) is 48.6 Å². The van der Waals surface area contributed by atoms with Crippen molar-refractivity contribution < 1.29 is 4.79 Å². The number of benzene rings is 2. The minimum atomic E-state index is -0.174. The molecule has 0 bridgehead atoms. The van der Waals surface area contributed by atoms with E-state index in [1.165, 1.54) is 11.1 Å². The summed E-state index contributed by atoms with van der Waals surface area (Å²) >= 11 is 6.49. The second-order valence-corrected chi connectivity index (χ2v) is 7.71. The average Bonchev–Trinajstić information content (AvgIpc) is 3.13. The van der Waals surface area contributed by atoms with Gasteiger partial charge in [-0.1, -0.05) is 61.3 Å². The average molecular weight is 398 g/mol. The molecule has 0 N–H and O–H groups in total. The fourth-order valence-corrected chi connectivity index (χ4v) is 3.91. The van der Waals surface area contributed by atoms with Crippen LogP contribution < -0.4 is 0 Å². The zero-order valence-corrected chi connectivity index (χ0v) is 17.8. The van der Waals surface area contributed by atoms with Crippen LogP contribution in [0.25, 0.3) is 0 Å². The molecule has 0 aromatic heterocycles. The third-order valence-electron chi connectivity index (χ3n) is 5.39. The van der Waals surface area contributed by atoms with Crippen molar-refractivity contribution in [3.63, 3.8) is 0 Å². The van der Waals surface area contributed by atoms with E-state index < -0.39 is 0 Å². The molecule has 3 rings (SSSR count). The van der Waals surface area contributed by atoms with Gasteiger partial charge in [-0.15, -0.1) is 0 Å². The molecular weight excluding hydrogens is 370 g/mol. The Kier molecular flexibility index (Phi) is 6.53. The van der Waals surface area contributed by atoms with Crippen molar-refractivity contribution in [1.29, 1.82) is 0 Å². The minimum Gasteiger partial charge on any atom is -0.295 e. The van der Waals surface area contributed by atoms with Gasteiger partial charge in [-0.25, -0.2) is 5.01 Å². The van der Waals surface area contributed by atoms with Crippen LogP contribution in [0.5, 0.6) is 0 Å². The lowest BCUT2D eigenvalue weighted by molar-refractivity contribution is -0.134. The molecule has 0 saturated carbocycles. The van der Waals surface area contributed by atoms with E-state index in [1.807, 2.05) is 24.3 Å². The van der Waals surface area contributed by atoms with Crippen molar-refractivity contribution in [3.8, 4) is 0 Å². The van der Waals surface area contributed by atoms with Gasteiger partial charge in [0.15, 0.2) is 0 Å². The zero-order chi connectivity index (χ0) is 20.3. The normalized spacial score (nSPS) is 16.6. The molecule has 2 aromatic rings. The molecule has 28 heavy (non-hydrogen) atoms. The van der Waals surface area contributed by atoms with E-state index in [0.717, 1.165) is 29.9 Å². The molecule has 0 saturated heterocycles. The monoisotopic (exact) mass is 397 g/mol. The number of hydrazone groups is 1. The number of hydrogen-bond donors (Lipinski definition) is 0. The van der Waals surface area contributed by atoms with Crippen LogP contribution >= 0.6 is 11.6 Å². The molecule has 1 aliphatic heterocycles. The Balaban J connectivity index is 1.99. The maximum atomic E-state index is 13.1. The second-order valence-electron chi connectivity index (χ2n) is 7.31. The molecule has 1 atom stereocenters. The Morgan fingerprint density at radius 2 is 1.89 bits per heavy atom. The van der Waals surface area contributed by atoms with E-state index >= 15 is 0 Å². The number of hydrogen-bond acceptors (Lipinski definition) is 3. The van der Waals surface area contributed by atoms with Crippen molar-refractivity contribution in [3.05, 3.63) is 69.7 Å². The van der Waals surface area contributed by atoms with Crippen molar-refractivity contribution in [1.82, 2.24) is 9.91 Å². The third kappa shape index (κ3) is 4.29. The number of carbonyl (C=O) groups excluding carboxylic acids is 1. The van der Waals surface area contributed by atoms with Gasteiger partial charge in [0.05, 0.1) is 18.3 Å². The van der Waals surface area contributed by atoms with Crippen molar-refractivity contribution in [2.75, 3.05) is 19.6 Å². The number of halogens is 1. The molecule has 1 heterocycles. The predicted octanol–water partition coefficient (Wildman–Crippen LogP) is 4.98.